The number of rotatable bonds is 2. The normalized spacial score (nSPS) is 10.4. The SMILES string of the molecule is Cc1cccc(N)c1Nc1c(Cl)cc(F)cc1Cl. The van der Waals surface area contributed by atoms with E-state index in [9.17, 15) is 4.39 Å². The zero-order valence-corrected chi connectivity index (χ0v) is 11.1. The highest BCUT2D eigenvalue weighted by Gasteiger charge is 2.11. The van der Waals surface area contributed by atoms with Gasteiger partial charge in [0.1, 0.15) is 5.82 Å². The number of nitrogens with one attached hydrogen (secondary N) is 1. The van der Waals surface area contributed by atoms with Gasteiger partial charge in [-0.3, -0.25) is 0 Å². The third-order valence-corrected chi connectivity index (χ3v) is 3.16. The van der Waals surface area contributed by atoms with Gasteiger partial charge in [-0.25, -0.2) is 4.39 Å². The molecule has 2 aromatic rings. The Morgan fingerprint density at radius 2 is 1.72 bits per heavy atom. The second kappa shape index (κ2) is 5.04. The summed E-state index contributed by atoms with van der Waals surface area (Å²) in [4.78, 5) is 0. The van der Waals surface area contributed by atoms with Crippen LogP contribution in [0.3, 0.4) is 0 Å². The molecular weight excluding hydrogens is 274 g/mol. The van der Waals surface area contributed by atoms with Crippen molar-refractivity contribution in [2.75, 3.05) is 11.1 Å². The zero-order valence-electron chi connectivity index (χ0n) is 9.60. The number of para-hydroxylation sites is 1. The summed E-state index contributed by atoms with van der Waals surface area (Å²) >= 11 is 11.9. The van der Waals surface area contributed by atoms with Gasteiger partial charge < -0.3 is 11.1 Å². The molecule has 94 valence electrons. The predicted molar refractivity (Wildman–Crippen MR) is 75.3 cm³/mol. The van der Waals surface area contributed by atoms with Gasteiger partial charge in [-0.1, -0.05) is 35.3 Å². The van der Waals surface area contributed by atoms with E-state index in [-0.39, 0.29) is 10.0 Å². The lowest BCUT2D eigenvalue weighted by molar-refractivity contribution is 0.628. The van der Waals surface area contributed by atoms with Gasteiger partial charge in [0.25, 0.3) is 0 Å². The second-order valence-electron chi connectivity index (χ2n) is 3.91. The number of benzene rings is 2. The van der Waals surface area contributed by atoms with Crippen molar-refractivity contribution in [1.29, 1.82) is 0 Å². The molecule has 0 saturated heterocycles. The van der Waals surface area contributed by atoms with Gasteiger partial charge in [-0.15, -0.1) is 0 Å². The molecule has 2 rings (SSSR count). The molecule has 18 heavy (non-hydrogen) atoms. The van der Waals surface area contributed by atoms with Gasteiger partial charge in [-0.05, 0) is 30.7 Å². The topological polar surface area (TPSA) is 38.0 Å². The first-order chi connectivity index (χ1) is 8.49. The van der Waals surface area contributed by atoms with Crippen molar-refractivity contribution in [2.24, 2.45) is 0 Å². The van der Waals surface area contributed by atoms with Crippen molar-refractivity contribution < 1.29 is 4.39 Å². The summed E-state index contributed by atoms with van der Waals surface area (Å²) in [7, 11) is 0. The molecule has 0 spiro atoms. The van der Waals surface area contributed by atoms with Gasteiger partial charge in [0.2, 0.25) is 0 Å². The average Bonchev–Trinajstić information content (AvgIpc) is 2.26. The number of halogens is 3. The summed E-state index contributed by atoms with van der Waals surface area (Å²) in [5.41, 5.74) is 8.56. The number of aryl methyl sites for hydroxylation is 1. The fourth-order valence-electron chi connectivity index (χ4n) is 1.65. The van der Waals surface area contributed by atoms with Crippen molar-refractivity contribution in [3.05, 3.63) is 51.8 Å². The first-order valence-corrected chi connectivity index (χ1v) is 6.01. The predicted octanol–water partition coefficient (Wildman–Crippen LogP) is 4.77. The molecule has 0 aliphatic carbocycles. The van der Waals surface area contributed by atoms with E-state index >= 15 is 0 Å². The van der Waals surface area contributed by atoms with Crippen molar-refractivity contribution in [3.63, 3.8) is 0 Å². The highest BCUT2D eigenvalue weighted by molar-refractivity contribution is 6.39. The van der Waals surface area contributed by atoms with Crippen LogP contribution in [0.5, 0.6) is 0 Å². The summed E-state index contributed by atoms with van der Waals surface area (Å²) in [6.45, 7) is 1.91. The Hall–Kier alpha value is -1.45. The molecule has 2 nitrogen and oxygen atoms in total. The molecule has 0 heterocycles. The van der Waals surface area contributed by atoms with E-state index in [0.29, 0.717) is 17.1 Å². The van der Waals surface area contributed by atoms with Crippen LogP contribution in [-0.4, -0.2) is 0 Å². The number of hydrogen-bond donors (Lipinski definition) is 2. The lowest BCUT2D eigenvalue weighted by Gasteiger charge is -2.14. The highest BCUT2D eigenvalue weighted by Crippen LogP contribution is 2.36. The number of anilines is 3. The van der Waals surface area contributed by atoms with E-state index in [0.717, 1.165) is 5.56 Å². The molecule has 3 N–H and O–H groups in total. The smallest absolute Gasteiger partial charge is 0.126 e. The molecule has 2 aromatic carbocycles. The Morgan fingerprint density at radius 1 is 1.11 bits per heavy atom. The quantitative estimate of drug-likeness (QED) is 0.780. The van der Waals surface area contributed by atoms with Crippen molar-refractivity contribution in [2.45, 2.75) is 6.92 Å². The molecule has 0 amide bonds. The fraction of sp³-hybridized carbons (Fsp3) is 0.0769. The van der Waals surface area contributed by atoms with Gasteiger partial charge in [0, 0.05) is 0 Å². The Bertz CT molecular complexity index is 556. The van der Waals surface area contributed by atoms with Crippen molar-refractivity contribution >= 4 is 40.3 Å². The standard InChI is InChI=1S/C13H11Cl2FN2/c1-7-3-2-4-11(17)12(7)18-13-9(14)5-8(16)6-10(13)15/h2-6,18H,17H2,1H3. The Labute approximate surface area is 115 Å². The Morgan fingerprint density at radius 3 is 2.28 bits per heavy atom. The highest BCUT2D eigenvalue weighted by atomic mass is 35.5. The van der Waals surface area contributed by atoms with Crippen molar-refractivity contribution in [3.8, 4) is 0 Å². The van der Waals surface area contributed by atoms with Crippen LogP contribution in [0.25, 0.3) is 0 Å². The molecule has 0 atom stereocenters. The van der Waals surface area contributed by atoms with E-state index in [1.807, 2.05) is 19.1 Å². The van der Waals surface area contributed by atoms with E-state index in [1.54, 1.807) is 6.07 Å². The maximum Gasteiger partial charge on any atom is 0.126 e. The molecule has 0 unspecified atom stereocenters. The van der Waals surface area contributed by atoms with Crippen LogP contribution in [0.2, 0.25) is 10.0 Å². The van der Waals surface area contributed by atoms with Crippen LogP contribution < -0.4 is 11.1 Å². The van der Waals surface area contributed by atoms with Gasteiger partial charge in [0.15, 0.2) is 0 Å². The average molecular weight is 285 g/mol. The van der Waals surface area contributed by atoms with Crippen LogP contribution in [0.15, 0.2) is 30.3 Å². The third kappa shape index (κ3) is 2.52. The van der Waals surface area contributed by atoms with Crippen LogP contribution in [0.1, 0.15) is 5.56 Å². The van der Waals surface area contributed by atoms with E-state index < -0.39 is 5.82 Å². The van der Waals surface area contributed by atoms with Crippen molar-refractivity contribution in [1.82, 2.24) is 0 Å². The first-order valence-electron chi connectivity index (χ1n) is 5.25. The lowest BCUT2D eigenvalue weighted by atomic mass is 10.1. The summed E-state index contributed by atoms with van der Waals surface area (Å²) in [5, 5.41) is 3.47. The van der Waals surface area contributed by atoms with Gasteiger partial charge in [-0.2, -0.15) is 0 Å². The molecule has 0 fully saturated rings. The van der Waals surface area contributed by atoms with Gasteiger partial charge in [0.05, 0.1) is 27.1 Å². The number of nitrogens with two attached hydrogens (primary N) is 1. The van der Waals surface area contributed by atoms with E-state index in [2.05, 4.69) is 5.32 Å². The molecule has 0 aromatic heterocycles. The zero-order chi connectivity index (χ0) is 13.3. The number of nitrogen functional groups attached to an aromatic ring is 1. The molecule has 0 aliphatic heterocycles. The minimum absolute atomic E-state index is 0.211. The maximum atomic E-state index is 13.1. The fourth-order valence-corrected chi connectivity index (χ4v) is 2.20. The molecule has 0 radical (unpaired) electrons. The minimum Gasteiger partial charge on any atom is -0.397 e. The summed E-state index contributed by atoms with van der Waals surface area (Å²) in [6.07, 6.45) is 0. The molecular formula is C13H11Cl2FN2. The third-order valence-electron chi connectivity index (χ3n) is 2.56. The van der Waals surface area contributed by atoms with Crippen LogP contribution in [-0.2, 0) is 0 Å². The summed E-state index contributed by atoms with van der Waals surface area (Å²) < 4.78 is 13.1. The largest absolute Gasteiger partial charge is 0.397 e. The maximum absolute atomic E-state index is 13.1. The first kappa shape index (κ1) is 13.0. The molecule has 0 bridgehead atoms. The molecule has 0 aliphatic rings. The van der Waals surface area contributed by atoms with Gasteiger partial charge >= 0.3 is 0 Å². The second-order valence-corrected chi connectivity index (χ2v) is 4.72. The van der Waals surface area contributed by atoms with Crippen LogP contribution in [0.4, 0.5) is 21.5 Å². The minimum atomic E-state index is -0.478. The summed E-state index contributed by atoms with van der Waals surface area (Å²) in [5.74, 6) is -0.478. The lowest BCUT2D eigenvalue weighted by Crippen LogP contribution is -2.00. The van der Waals surface area contributed by atoms with Crippen LogP contribution in [0, 0.1) is 12.7 Å². The Balaban J connectivity index is 2.47. The van der Waals surface area contributed by atoms with E-state index in [1.165, 1.54) is 12.1 Å². The number of hydrogen-bond acceptors (Lipinski definition) is 2. The van der Waals surface area contributed by atoms with Crippen LogP contribution >= 0.6 is 23.2 Å². The molecule has 0 saturated carbocycles. The summed E-state index contributed by atoms with van der Waals surface area (Å²) in [6, 6.07) is 7.92. The Kier molecular flexibility index (Phi) is 3.64. The molecule has 5 heteroatoms. The monoisotopic (exact) mass is 284 g/mol. The van der Waals surface area contributed by atoms with E-state index in [4.69, 9.17) is 28.9 Å².